The molecule has 2 N–H and O–H groups in total. The Balaban J connectivity index is 1.90. The molecule has 0 aromatic carbocycles. The van der Waals surface area contributed by atoms with E-state index in [0.29, 0.717) is 11.8 Å². The molecule has 0 amide bonds. The summed E-state index contributed by atoms with van der Waals surface area (Å²) in [5.74, 6) is 0.987. The van der Waals surface area contributed by atoms with Gasteiger partial charge in [-0.3, -0.25) is 0 Å². The number of nitrogens with zero attached hydrogens (tertiary/aromatic N) is 2. The summed E-state index contributed by atoms with van der Waals surface area (Å²) in [6.45, 7) is 2.15. The third-order valence-electron chi connectivity index (χ3n) is 3.86. The van der Waals surface area contributed by atoms with Gasteiger partial charge in [-0.05, 0) is 38.2 Å². The Bertz CT molecular complexity index is 588. The Morgan fingerprint density at radius 1 is 1.25 bits per heavy atom. The molecule has 1 aliphatic rings. The van der Waals surface area contributed by atoms with E-state index >= 15 is 0 Å². The SMILES string of the molecule is CCc1cc2c(OC3CCCCCC3)nc(N)nc2s1. The van der Waals surface area contributed by atoms with Gasteiger partial charge in [-0.2, -0.15) is 4.98 Å². The van der Waals surface area contributed by atoms with Gasteiger partial charge in [-0.15, -0.1) is 11.3 Å². The summed E-state index contributed by atoms with van der Waals surface area (Å²) in [5, 5.41) is 1.02. The standard InChI is InChI=1S/C15H21N3OS/c1-2-11-9-12-13(17-15(16)18-14(12)20-11)19-10-7-5-3-4-6-8-10/h9-10H,2-8H2,1H3,(H2,16,17,18). The number of anilines is 1. The van der Waals surface area contributed by atoms with Crippen molar-refractivity contribution in [2.45, 2.75) is 58.0 Å². The average molecular weight is 291 g/mol. The molecule has 0 unspecified atom stereocenters. The van der Waals surface area contributed by atoms with Crippen LogP contribution in [-0.4, -0.2) is 16.1 Å². The quantitative estimate of drug-likeness (QED) is 0.870. The van der Waals surface area contributed by atoms with E-state index in [1.165, 1.54) is 30.6 Å². The Hall–Kier alpha value is -1.36. The molecule has 1 aliphatic carbocycles. The van der Waals surface area contributed by atoms with Gasteiger partial charge in [-0.1, -0.05) is 19.8 Å². The Morgan fingerprint density at radius 2 is 2.00 bits per heavy atom. The fourth-order valence-corrected chi connectivity index (χ4v) is 3.71. The predicted octanol–water partition coefficient (Wildman–Crippen LogP) is 3.94. The van der Waals surface area contributed by atoms with Gasteiger partial charge in [0.15, 0.2) is 0 Å². The second kappa shape index (κ2) is 5.95. The zero-order chi connectivity index (χ0) is 13.9. The molecule has 0 spiro atoms. The topological polar surface area (TPSA) is 61.0 Å². The van der Waals surface area contributed by atoms with E-state index in [2.05, 4.69) is 23.0 Å². The van der Waals surface area contributed by atoms with E-state index in [1.807, 2.05) is 0 Å². The molecule has 20 heavy (non-hydrogen) atoms. The van der Waals surface area contributed by atoms with Gasteiger partial charge in [-0.25, -0.2) is 4.98 Å². The highest BCUT2D eigenvalue weighted by Gasteiger charge is 2.18. The van der Waals surface area contributed by atoms with Gasteiger partial charge in [0.25, 0.3) is 0 Å². The molecule has 1 saturated carbocycles. The highest BCUT2D eigenvalue weighted by molar-refractivity contribution is 7.18. The number of nitrogens with two attached hydrogens (primary N) is 1. The zero-order valence-electron chi connectivity index (χ0n) is 11.9. The fourth-order valence-electron chi connectivity index (χ4n) is 2.74. The Morgan fingerprint density at radius 3 is 2.70 bits per heavy atom. The van der Waals surface area contributed by atoms with Crippen LogP contribution >= 0.6 is 11.3 Å². The molecule has 0 atom stereocenters. The van der Waals surface area contributed by atoms with Crippen LogP contribution < -0.4 is 10.5 Å². The summed E-state index contributed by atoms with van der Waals surface area (Å²) < 4.78 is 6.16. The molecule has 0 aliphatic heterocycles. The Labute approximate surface area is 123 Å². The summed E-state index contributed by atoms with van der Waals surface area (Å²) in [6, 6.07) is 2.14. The van der Waals surface area contributed by atoms with Crippen molar-refractivity contribution in [1.82, 2.24) is 9.97 Å². The first-order chi connectivity index (χ1) is 9.76. The minimum Gasteiger partial charge on any atom is -0.474 e. The molecule has 0 bridgehead atoms. The molecule has 5 heteroatoms. The molecular formula is C15H21N3OS. The van der Waals surface area contributed by atoms with Crippen LogP contribution in [0.25, 0.3) is 10.2 Å². The van der Waals surface area contributed by atoms with Crippen LogP contribution in [0, 0.1) is 0 Å². The van der Waals surface area contributed by atoms with Crippen molar-refractivity contribution >= 4 is 27.5 Å². The highest BCUT2D eigenvalue weighted by Crippen LogP contribution is 2.33. The highest BCUT2D eigenvalue weighted by atomic mass is 32.1. The normalized spacial score (nSPS) is 17.2. The lowest BCUT2D eigenvalue weighted by Crippen LogP contribution is -2.16. The van der Waals surface area contributed by atoms with Crippen molar-refractivity contribution in [3.8, 4) is 5.88 Å². The largest absolute Gasteiger partial charge is 0.474 e. The third kappa shape index (κ3) is 2.87. The van der Waals surface area contributed by atoms with E-state index in [4.69, 9.17) is 10.5 Å². The lowest BCUT2D eigenvalue weighted by molar-refractivity contribution is 0.179. The minimum atomic E-state index is 0.278. The van der Waals surface area contributed by atoms with E-state index in [1.54, 1.807) is 11.3 Å². The maximum Gasteiger partial charge on any atom is 0.227 e. The monoisotopic (exact) mass is 291 g/mol. The van der Waals surface area contributed by atoms with Crippen molar-refractivity contribution < 1.29 is 4.74 Å². The average Bonchev–Trinajstić information content (AvgIpc) is 2.67. The maximum absolute atomic E-state index is 6.16. The molecule has 2 aromatic heterocycles. The number of hydrogen-bond donors (Lipinski definition) is 1. The summed E-state index contributed by atoms with van der Waals surface area (Å²) in [6.07, 6.45) is 8.66. The van der Waals surface area contributed by atoms with Crippen LogP contribution in [0.5, 0.6) is 5.88 Å². The summed E-state index contributed by atoms with van der Waals surface area (Å²) in [5.41, 5.74) is 5.82. The molecular weight excluding hydrogens is 270 g/mol. The lowest BCUT2D eigenvalue weighted by atomic mass is 10.1. The number of aryl methyl sites for hydroxylation is 1. The maximum atomic E-state index is 6.16. The zero-order valence-corrected chi connectivity index (χ0v) is 12.7. The summed E-state index contributed by atoms with van der Waals surface area (Å²) >= 11 is 1.68. The number of thiophene rings is 1. The van der Waals surface area contributed by atoms with E-state index < -0.39 is 0 Å². The molecule has 108 valence electrons. The molecule has 0 saturated heterocycles. The summed E-state index contributed by atoms with van der Waals surface area (Å²) in [7, 11) is 0. The molecule has 4 nitrogen and oxygen atoms in total. The van der Waals surface area contributed by atoms with Gasteiger partial charge < -0.3 is 10.5 Å². The van der Waals surface area contributed by atoms with Gasteiger partial charge >= 0.3 is 0 Å². The van der Waals surface area contributed by atoms with E-state index in [-0.39, 0.29) is 6.10 Å². The Kier molecular flexibility index (Phi) is 4.05. The first kappa shape index (κ1) is 13.6. The van der Waals surface area contributed by atoms with Crippen molar-refractivity contribution in [1.29, 1.82) is 0 Å². The number of aromatic nitrogens is 2. The van der Waals surface area contributed by atoms with E-state index in [0.717, 1.165) is 29.5 Å². The second-order valence-electron chi connectivity index (χ2n) is 5.40. The first-order valence-electron chi connectivity index (χ1n) is 7.49. The number of ether oxygens (including phenoxy) is 1. The van der Waals surface area contributed by atoms with Gasteiger partial charge in [0, 0.05) is 4.88 Å². The third-order valence-corrected chi connectivity index (χ3v) is 5.03. The van der Waals surface area contributed by atoms with Gasteiger partial charge in [0.05, 0.1) is 5.39 Å². The van der Waals surface area contributed by atoms with Crippen LogP contribution in [0.4, 0.5) is 5.95 Å². The number of fused-ring (bicyclic) bond motifs is 1. The van der Waals surface area contributed by atoms with Crippen LogP contribution in [0.3, 0.4) is 0 Å². The number of hydrogen-bond acceptors (Lipinski definition) is 5. The second-order valence-corrected chi connectivity index (χ2v) is 6.52. The van der Waals surface area contributed by atoms with Crippen molar-refractivity contribution in [2.24, 2.45) is 0 Å². The smallest absolute Gasteiger partial charge is 0.227 e. The molecule has 2 heterocycles. The van der Waals surface area contributed by atoms with Crippen molar-refractivity contribution in [3.63, 3.8) is 0 Å². The molecule has 2 aromatic rings. The van der Waals surface area contributed by atoms with Gasteiger partial charge in [0.1, 0.15) is 10.9 Å². The van der Waals surface area contributed by atoms with Crippen LogP contribution in [0.15, 0.2) is 6.07 Å². The predicted molar refractivity (Wildman–Crippen MR) is 83.3 cm³/mol. The van der Waals surface area contributed by atoms with Gasteiger partial charge in [0.2, 0.25) is 11.8 Å². The fraction of sp³-hybridized carbons (Fsp3) is 0.600. The van der Waals surface area contributed by atoms with Crippen LogP contribution in [0.1, 0.15) is 50.3 Å². The number of rotatable bonds is 3. The van der Waals surface area contributed by atoms with Crippen molar-refractivity contribution in [2.75, 3.05) is 5.73 Å². The lowest BCUT2D eigenvalue weighted by Gasteiger charge is -2.16. The van der Waals surface area contributed by atoms with Crippen molar-refractivity contribution in [3.05, 3.63) is 10.9 Å². The molecule has 0 radical (unpaired) electrons. The van der Waals surface area contributed by atoms with E-state index in [9.17, 15) is 0 Å². The molecule has 1 fully saturated rings. The first-order valence-corrected chi connectivity index (χ1v) is 8.30. The van der Waals surface area contributed by atoms with Crippen LogP contribution in [0.2, 0.25) is 0 Å². The van der Waals surface area contributed by atoms with Crippen LogP contribution in [-0.2, 0) is 6.42 Å². The number of nitrogen functional groups attached to an aromatic ring is 1. The summed E-state index contributed by atoms with van der Waals surface area (Å²) in [4.78, 5) is 10.9. The molecule has 3 rings (SSSR count). The minimum absolute atomic E-state index is 0.278.